The third kappa shape index (κ3) is 3.91. The van der Waals surface area contributed by atoms with E-state index in [0.29, 0.717) is 24.3 Å². The van der Waals surface area contributed by atoms with Gasteiger partial charge in [0.15, 0.2) is 17.2 Å². The van der Waals surface area contributed by atoms with Gasteiger partial charge < -0.3 is 20.4 Å². The summed E-state index contributed by atoms with van der Waals surface area (Å²) in [6, 6.07) is 2.00. The fourth-order valence-corrected chi connectivity index (χ4v) is 8.02. The normalized spacial score (nSPS) is 30.3. The highest BCUT2D eigenvalue weighted by Gasteiger charge is 2.72. The zero-order valence-electron chi connectivity index (χ0n) is 25.2. The molecule has 7 heteroatoms. The Morgan fingerprint density at radius 3 is 2.15 bits per heavy atom. The summed E-state index contributed by atoms with van der Waals surface area (Å²) in [6.07, 6.45) is 1.81. The number of hydrogen-bond acceptors (Lipinski definition) is 7. The molecule has 0 aliphatic heterocycles. The first kappa shape index (κ1) is 30.0. The molecular weight excluding hydrogens is 508 g/mol. The van der Waals surface area contributed by atoms with Crippen molar-refractivity contribution in [2.45, 2.75) is 99.5 Å². The van der Waals surface area contributed by atoms with E-state index in [1.165, 1.54) is 0 Å². The van der Waals surface area contributed by atoms with Crippen molar-refractivity contribution >= 4 is 23.1 Å². The van der Waals surface area contributed by atoms with Gasteiger partial charge in [-0.15, -0.1) is 0 Å². The molecule has 1 fully saturated rings. The summed E-state index contributed by atoms with van der Waals surface area (Å²) in [7, 11) is 0. The van der Waals surface area contributed by atoms with E-state index in [1.54, 1.807) is 20.8 Å². The highest BCUT2D eigenvalue weighted by Crippen LogP contribution is 2.65. The highest BCUT2D eigenvalue weighted by atomic mass is 16.3. The highest BCUT2D eigenvalue weighted by molar-refractivity contribution is 6.24. The van der Waals surface area contributed by atoms with Gasteiger partial charge in [-0.05, 0) is 67.1 Å². The molecule has 0 heterocycles. The van der Waals surface area contributed by atoms with Crippen LogP contribution in [0.2, 0.25) is 0 Å². The molecule has 1 aromatic carbocycles. The number of benzene rings is 1. The monoisotopic (exact) mass is 552 g/mol. The predicted octanol–water partition coefficient (Wildman–Crippen LogP) is 5.90. The van der Waals surface area contributed by atoms with E-state index in [-0.39, 0.29) is 35.1 Å². The number of aliphatic hydroxyl groups is 3. The van der Waals surface area contributed by atoms with E-state index >= 15 is 0 Å². The molecule has 0 amide bonds. The molecule has 1 aromatic rings. The van der Waals surface area contributed by atoms with Crippen LogP contribution in [-0.4, -0.2) is 43.4 Å². The maximum Gasteiger partial charge on any atom is 0.203 e. The maximum absolute atomic E-state index is 14.5. The number of carbonyl (C=O) groups excluding carboxylic acids is 3. The molecule has 0 radical (unpaired) electrons. The molecular formula is C33H44O7. The van der Waals surface area contributed by atoms with Gasteiger partial charge in [0.25, 0.3) is 0 Å². The van der Waals surface area contributed by atoms with E-state index in [2.05, 4.69) is 13.8 Å². The summed E-state index contributed by atoms with van der Waals surface area (Å²) in [6.45, 7) is 16.5. The summed E-state index contributed by atoms with van der Waals surface area (Å²) >= 11 is 0. The van der Waals surface area contributed by atoms with Crippen LogP contribution >= 0.6 is 0 Å². The third-order valence-corrected chi connectivity index (χ3v) is 9.73. The zero-order valence-corrected chi connectivity index (χ0v) is 25.2. The first-order valence-corrected chi connectivity index (χ1v) is 14.4. The Morgan fingerprint density at radius 1 is 1.05 bits per heavy atom. The van der Waals surface area contributed by atoms with Crippen molar-refractivity contribution in [1.82, 2.24) is 0 Å². The summed E-state index contributed by atoms with van der Waals surface area (Å²) < 4.78 is 0. The number of fused-ring (bicyclic) bond motifs is 3. The van der Waals surface area contributed by atoms with Gasteiger partial charge in [0.2, 0.25) is 5.78 Å². The lowest BCUT2D eigenvalue weighted by atomic mass is 9.43. The second-order valence-corrected chi connectivity index (χ2v) is 13.9. The van der Waals surface area contributed by atoms with Crippen molar-refractivity contribution < 1.29 is 34.8 Å². The molecule has 1 saturated carbocycles. The van der Waals surface area contributed by atoms with Crippen LogP contribution in [0.3, 0.4) is 0 Å². The number of carbonyl (C=O) groups is 3. The van der Waals surface area contributed by atoms with Crippen molar-refractivity contribution in [3.05, 3.63) is 45.2 Å². The first-order chi connectivity index (χ1) is 18.3. The minimum Gasteiger partial charge on any atom is -0.508 e. The Bertz CT molecular complexity index is 1380. The molecule has 3 aliphatic rings. The Kier molecular flexibility index (Phi) is 7.19. The van der Waals surface area contributed by atoms with E-state index in [9.17, 15) is 34.8 Å². The SMILES string of the molecule is CC(=O)C1=C(O)[C@]2(O)C(=O)C3=C(O)c4c(O)c(CCC(C)C)cc(C(C)C)c4C[C@]3(C)C[C@]2(C)C(C(C)C)C1=O. The fourth-order valence-electron chi connectivity index (χ4n) is 8.02. The lowest BCUT2D eigenvalue weighted by molar-refractivity contribution is -0.178. The van der Waals surface area contributed by atoms with Gasteiger partial charge >= 0.3 is 0 Å². The summed E-state index contributed by atoms with van der Waals surface area (Å²) in [5.74, 6) is -4.48. The van der Waals surface area contributed by atoms with Crippen LogP contribution in [0.15, 0.2) is 23.0 Å². The van der Waals surface area contributed by atoms with Crippen LogP contribution in [0.5, 0.6) is 5.75 Å². The number of allylic oxidation sites excluding steroid dienone is 1. The minimum atomic E-state index is -2.59. The lowest BCUT2D eigenvalue weighted by Gasteiger charge is -2.60. The number of hydrogen-bond donors (Lipinski definition) is 4. The molecule has 4 N–H and O–H groups in total. The van der Waals surface area contributed by atoms with Gasteiger partial charge in [0.1, 0.15) is 22.8 Å². The van der Waals surface area contributed by atoms with Crippen molar-refractivity contribution in [1.29, 1.82) is 0 Å². The van der Waals surface area contributed by atoms with Gasteiger partial charge in [-0.1, -0.05) is 61.5 Å². The molecule has 40 heavy (non-hydrogen) atoms. The number of phenols is 1. The molecule has 4 atom stereocenters. The Labute approximate surface area is 237 Å². The van der Waals surface area contributed by atoms with Gasteiger partial charge in [-0.3, -0.25) is 14.4 Å². The lowest BCUT2D eigenvalue weighted by Crippen LogP contribution is -2.69. The van der Waals surface area contributed by atoms with Crippen molar-refractivity contribution in [3.63, 3.8) is 0 Å². The second kappa shape index (κ2) is 9.57. The average Bonchev–Trinajstić information content (AvgIpc) is 2.80. The standard InChI is InChI=1S/C33H44O7/c1-15(2)10-11-19-12-20(16(3)4)21-13-31(8)14-32(9)24(17(5)6)27(36)22(18(7)34)29(38)33(32,40)30(39)25(31)28(37)23(21)26(19)35/h12,15-17,24,35,37-38,40H,10-11,13-14H2,1-9H3/t24?,31-,32-,33+/m1/s1. The van der Waals surface area contributed by atoms with E-state index in [0.717, 1.165) is 24.5 Å². The van der Waals surface area contributed by atoms with Crippen molar-refractivity contribution in [3.8, 4) is 5.75 Å². The smallest absolute Gasteiger partial charge is 0.203 e. The first-order valence-electron chi connectivity index (χ1n) is 14.4. The number of phenolic OH excluding ortho intramolecular Hbond substituents is 1. The number of ketones is 3. The van der Waals surface area contributed by atoms with Gasteiger partial charge in [0, 0.05) is 22.3 Å². The molecule has 0 aromatic heterocycles. The van der Waals surface area contributed by atoms with E-state index in [4.69, 9.17) is 0 Å². The average molecular weight is 553 g/mol. The quantitative estimate of drug-likeness (QED) is 0.323. The minimum absolute atomic E-state index is 0.0710. The Hall–Kier alpha value is -2.93. The van der Waals surface area contributed by atoms with E-state index in [1.807, 2.05) is 26.8 Å². The van der Waals surface area contributed by atoms with Crippen LogP contribution in [0.4, 0.5) is 0 Å². The second-order valence-electron chi connectivity index (χ2n) is 13.9. The van der Waals surface area contributed by atoms with Crippen LogP contribution in [0, 0.1) is 28.6 Å². The molecule has 0 spiro atoms. The molecule has 0 saturated heterocycles. The number of rotatable bonds is 6. The predicted molar refractivity (Wildman–Crippen MR) is 153 cm³/mol. The largest absolute Gasteiger partial charge is 0.508 e. The number of aliphatic hydroxyl groups excluding tert-OH is 2. The topological polar surface area (TPSA) is 132 Å². The van der Waals surface area contributed by atoms with Crippen LogP contribution in [0.1, 0.15) is 103 Å². The summed E-state index contributed by atoms with van der Waals surface area (Å²) in [5, 5.41) is 46.8. The molecule has 1 unspecified atom stereocenters. The molecule has 4 rings (SSSR count). The maximum atomic E-state index is 14.5. The van der Waals surface area contributed by atoms with E-state index < -0.39 is 56.8 Å². The van der Waals surface area contributed by atoms with Crippen LogP contribution < -0.4 is 0 Å². The van der Waals surface area contributed by atoms with Gasteiger partial charge in [-0.25, -0.2) is 0 Å². The number of aromatic hydroxyl groups is 1. The fraction of sp³-hybridized carbons (Fsp3) is 0.606. The number of Topliss-reactive ketones (excluding diaryl/α,β-unsaturated/α-hetero) is 3. The van der Waals surface area contributed by atoms with Crippen molar-refractivity contribution in [2.75, 3.05) is 0 Å². The summed E-state index contributed by atoms with van der Waals surface area (Å²) in [4.78, 5) is 40.6. The molecule has 7 nitrogen and oxygen atoms in total. The number of aryl methyl sites for hydroxylation is 1. The third-order valence-electron chi connectivity index (χ3n) is 9.73. The van der Waals surface area contributed by atoms with Crippen LogP contribution in [0.25, 0.3) is 5.76 Å². The van der Waals surface area contributed by atoms with Crippen LogP contribution in [-0.2, 0) is 27.2 Å². The zero-order chi connectivity index (χ0) is 30.3. The van der Waals surface area contributed by atoms with Crippen molar-refractivity contribution in [2.24, 2.45) is 28.6 Å². The Morgan fingerprint density at radius 2 is 1.65 bits per heavy atom. The molecule has 218 valence electrons. The molecule has 3 aliphatic carbocycles. The van der Waals surface area contributed by atoms with Gasteiger partial charge in [0.05, 0.1) is 5.56 Å². The Balaban J connectivity index is 2.06. The summed E-state index contributed by atoms with van der Waals surface area (Å²) in [5.41, 5.74) is -3.10. The van der Waals surface area contributed by atoms with Gasteiger partial charge in [-0.2, -0.15) is 0 Å². The molecule has 0 bridgehead atoms.